The number of nitrogens with zero attached hydrogens (tertiary/aromatic N) is 2. The van der Waals surface area contributed by atoms with Crippen LogP contribution >= 0.6 is 0 Å². The van der Waals surface area contributed by atoms with Crippen molar-refractivity contribution in [2.75, 3.05) is 5.32 Å². The Balaban J connectivity index is 1.64. The van der Waals surface area contributed by atoms with Crippen LogP contribution < -0.4 is 10.6 Å². The number of phenols is 1. The average molecular weight is 447 g/mol. The zero-order chi connectivity index (χ0) is 23.4. The fraction of sp³-hybridized carbons (Fsp3) is 0.346. The van der Waals surface area contributed by atoms with Crippen molar-refractivity contribution < 1.29 is 14.7 Å². The summed E-state index contributed by atoms with van der Waals surface area (Å²) in [4.78, 5) is 25.2. The molecule has 0 radical (unpaired) electrons. The molecular weight excluding hydrogens is 416 g/mol. The van der Waals surface area contributed by atoms with Gasteiger partial charge in [0.25, 0.3) is 0 Å². The highest BCUT2D eigenvalue weighted by atomic mass is 16.3. The van der Waals surface area contributed by atoms with E-state index in [1.165, 1.54) is 10.7 Å². The second-order valence-corrected chi connectivity index (χ2v) is 8.87. The van der Waals surface area contributed by atoms with Gasteiger partial charge in [-0.25, -0.2) is 4.79 Å². The minimum Gasteiger partial charge on any atom is -0.507 e. The minimum atomic E-state index is -0.296. The first kappa shape index (κ1) is 22.6. The summed E-state index contributed by atoms with van der Waals surface area (Å²) in [7, 11) is 0. The van der Waals surface area contributed by atoms with Crippen LogP contribution in [-0.4, -0.2) is 26.8 Å². The molecule has 33 heavy (non-hydrogen) atoms. The Morgan fingerprint density at radius 2 is 1.82 bits per heavy atom. The maximum absolute atomic E-state index is 13.1. The molecule has 0 aliphatic heterocycles. The predicted octanol–water partition coefficient (Wildman–Crippen LogP) is 5.27. The number of aromatic hydroxyl groups is 1. The van der Waals surface area contributed by atoms with Crippen LogP contribution in [0.25, 0.3) is 11.3 Å². The number of aromatic nitrogens is 2. The second-order valence-electron chi connectivity index (χ2n) is 8.87. The summed E-state index contributed by atoms with van der Waals surface area (Å²) < 4.78 is 1.44. The molecule has 1 aliphatic carbocycles. The van der Waals surface area contributed by atoms with E-state index in [4.69, 9.17) is 0 Å². The molecule has 0 saturated heterocycles. The molecule has 172 valence electrons. The van der Waals surface area contributed by atoms with Crippen molar-refractivity contribution in [2.24, 2.45) is 5.92 Å². The maximum atomic E-state index is 13.1. The van der Waals surface area contributed by atoms with Gasteiger partial charge in [0.2, 0.25) is 5.91 Å². The summed E-state index contributed by atoms with van der Waals surface area (Å²) in [6, 6.07) is 16.2. The molecular formula is C26H30N4O3. The molecule has 3 aromatic rings. The largest absolute Gasteiger partial charge is 0.507 e. The zero-order valence-corrected chi connectivity index (χ0v) is 19.0. The Kier molecular flexibility index (Phi) is 6.77. The number of carbonyl (C=O) groups is 2. The fourth-order valence-corrected chi connectivity index (χ4v) is 4.16. The molecule has 3 N–H and O–H groups in total. The van der Waals surface area contributed by atoms with E-state index < -0.39 is 0 Å². The van der Waals surface area contributed by atoms with Crippen LogP contribution in [0.3, 0.4) is 0 Å². The molecule has 1 aromatic heterocycles. The molecule has 7 nitrogen and oxygen atoms in total. The molecule has 4 rings (SSSR count). The van der Waals surface area contributed by atoms with Crippen LogP contribution in [-0.2, 0) is 11.3 Å². The molecule has 0 bridgehead atoms. The van der Waals surface area contributed by atoms with E-state index in [2.05, 4.69) is 15.7 Å². The Hall–Kier alpha value is -3.61. The molecule has 1 aliphatic rings. The van der Waals surface area contributed by atoms with Crippen molar-refractivity contribution in [1.29, 1.82) is 0 Å². The lowest BCUT2D eigenvalue weighted by molar-refractivity contribution is -0.118. The normalized spacial score (nSPS) is 13.9. The van der Waals surface area contributed by atoms with Crippen molar-refractivity contribution >= 4 is 17.6 Å². The Morgan fingerprint density at radius 3 is 2.52 bits per heavy atom. The van der Waals surface area contributed by atoms with Gasteiger partial charge in [-0.05, 0) is 42.7 Å². The molecule has 1 saturated carbocycles. The van der Waals surface area contributed by atoms with Crippen LogP contribution in [0, 0.1) is 5.92 Å². The third-order valence-corrected chi connectivity index (χ3v) is 6.05. The van der Waals surface area contributed by atoms with Crippen LogP contribution in [0.1, 0.15) is 56.7 Å². The monoisotopic (exact) mass is 446 g/mol. The molecule has 0 unspecified atom stereocenters. The summed E-state index contributed by atoms with van der Waals surface area (Å²) in [5.41, 5.74) is 3.42. The number of amides is 2. The number of rotatable bonds is 6. The van der Waals surface area contributed by atoms with Gasteiger partial charge in [-0.3, -0.25) is 4.79 Å². The van der Waals surface area contributed by atoms with Gasteiger partial charge in [0.1, 0.15) is 5.75 Å². The first-order valence-corrected chi connectivity index (χ1v) is 11.5. The predicted molar refractivity (Wildman–Crippen MR) is 128 cm³/mol. The lowest BCUT2D eigenvalue weighted by atomic mass is 10.0. The molecule has 0 atom stereocenters. The Bertz CT molecular complexity index is 1130. The van der Waals surface area contributed by atoms with Crippen LogP contribution in [0.5, 0.6) is 5.75 Å². The minimum absolute atomic E-state index is 0.0462. The van der Waals surface area contributed by atoms with E-state index in [0.717, 1.165) is 36.9 Å². The molecule has 1 heterocycles. The van der Waals surface area contributed by atoms with Gasteiger partial charge >= 0.3 is 6.03 Å². The summed E-state index contributed by atoms with van der Waals surface area (Å²) in [6.07, 6.45) is 4.26. The van der Waals surface area contributed by atoms with Gasteiger partial charge in [-0.1, -0.05) is 57.0 Å². The van der Waals surface area contributed by atoms with Gasteiger partial charge in [-0.15, -0.1) is 0 Å². The average Bonchev–Trinajstić information content (AvgIpc) is 3.49. The lowest BCUT2D eigenvalue weighted by Crippen LogP contribution is -2.30. The van der Waals surface area contributed by atoms with Gasteiger partial charge in [0, 0.05) is 29.6 Å². The topological polar surface area (TPSA) is 96.2 Å². The summed E-state index contributed by atoms with van der Waals surface area (Å²) in [5, 5.41) is 20.9. The first-order chi connectivity index (χ1) is 15.9. The number of nitrogens with one attached hydrogen (secondary N) is 2. The van der Waals surface area contributed by atoms with E-state index in [0.29, 0.717) is 23.5 Å². The Morgan fingerprint density at radius 1 is 1.09 bits per heavy atom. The quantitative estimate of drug-likeness (QED) is 0.450. The number of hydrogen-bond donors (Lipinski definition) is 3. The van der Waals surface area contributed by atoms with Gasteiger partial charge in [0.05, 0.1) is 11.4 Å². The summed E-state index contributed by atoms with van der Waals surface area (Å²) >= 11 is 0. The first-order valence-electron chi connectivity index (χ1n) is 11.5. The zero-order valence-electron chi connectivity index (χ0n) is 19.0. The lowest BCUT2D eigenvalue weighted by Gasteiger charge is -2.12. The van der Waals surface area contributed by atoms with E-state index in [1.54, 1.807) is 12.1 Å². The molecule has 2 aromatic carbocycles. The fourth-order valence-electron chi connectivity index (χ4n) is 4.16. The van der Waals surface area contributed by atoms with Gasteiger partial charge in [-0.2, -0.15) is 9.78 Å². The highest BCUT2D eigenvalue weighted by Crippen LogP contribution is 2.38. The highest BCUT2D eigenvalue weighted by molar-refractivity contribution is 5.93. The van der Waals surface area contributed by atoms with Gasteiger partial charge < -0.3 is 15.7 Å². The van der Waals surface area contributed by atoms with E-state index >= 15 is 0 Å². The third kappa shape index (κ3) is 5.25. The third-order valence-electron chi connectivity index (χ3n) is 6.05. The smallest absolute Gasteiger partial charge is 0.342 e. The number of hydrogen-bond acceptors (Lipinski definition) is 4. The van der Waals surface area contributed by atoms with Crippen molar-refractivity contribution in [2.45, 2.75) is 52.0 Å². The van der Waals surface area contributed by atoms with E-state index in [1.807, 2.05) is 50.2 Å². The van der Waals surface area contributed by atoms with E-state index in [9.17, 15) is 14.7 Å². The number of phenolic OH excluding ortho intramolecular Hbond substituents is 1. The number of carbonyl (C=O) groups excluding carboxylic acids is 2. The molecule has 0 spiro atoms. The Labute approximate surface area is 193 Å². The molecule has 1 fully saturated rings. The maximum Gasteiger partial charge on any atom is 0.342 e. The van der Waals surface area contributed by atoms with Crippen molar-refractivity contribution in [3.63, 3.8) is 0 Å². The van der Waals surface area contributed by atoms with Crippen LogP contribution in [0.2, 0.25) is 0 Å². The number of anilines is 1. The van der Waals surface area contributed by atoms with Crippen LogP contribution in [0.15, 0.2) is 54.6 Å². The van der Waals surface area contributed by atoms with Crippen molar-refractivity contribution in [1.82, 2.24) is 15.1 Å². The SMILES string of the molecule is CC(C)C(=O)Nc1ccc(O)c(-c2cc(C3CCCC3)n(C(=O)NCc3ccccc3)n2)c1. The molecule has 2 amide bonds. The summed E-state index contributed by atoms with van der Waals surface area (Å²) in [5.74, 6) is 0.0254. The van der Waals surface area contributed by atoms with Gasteiger partial charge in [0.15, 0.2) is 0 Å². The second kappa shape index (κ2) is 9.90. The summed E-state index contributed by atoms with van der Waals surface area (Å²) in [6.45, 7) is 4.04. The molecule has 7 heteroatoms. The number of benzene rings is 2. The van der Waals surface area contributed by atoms with Crippen molar-refractivity contribution in [3.8, 4) is 17.0 Å². The highest BCUT2D eigenvalue weighted by Gasteiger charge is 2.26. The van der Waals surface area contributed by atoms with Crippen molar-refractivity contribution in [3.05, 3.63) is 65.9 Å². The van der Waals surface area contributed by atoms with E-state index in [-0.39, 0.29) is 29.5 Å². The standard InChI is InChI=1S/C26H30N4O3/c1-17(2)25(32)28-20-12-13-24(31)21(14-20)22-15-23(19-10-6-7-11-19)30(29-22)26(33)27-16-18-8-4-3-5-9-18/h3-5,8-9,12-15,17,19,31H,6-7,10-11,16H2,1-2H3,(H,27,33)(H,28,32). The van der Waals surface area contributed by atoms with Crippen LogP contribution in [0.4, 0.5) is 10.5 Å².